The quantitative estimate of drug-likeness (QED) is 0.651. The van der Waals surface area contributed by atoms with Crippen LogP contribution in [0, 0.1) is 13.8 Å². The largest absolute Gasteiger partial charge is 0.508 e. The van der Waals surface area contributed by atoms with E-state index in [0.717, 1.165) is 15.4 Å². The van der Waals surface area contributed by atoms with E-state index >= 15 is 0 Å². The lowest BCUT2D eigenvalue weighted by Gasteiger charge is -2.26. The van der Waals surface area contributed by atoms with Crippen LogP contribution in [0.25, 0.3) is 0 Å². The van der Waals surface area contributed by atoms with Crippen molar-refractivity contribution in [2.75, 3.05) is 5.32 Å². The number of carbonyl (C=O) groups is 1. The third-order valence-electron chi connectivity index (χ3n) is 3.49. The molecule has 1 aliphatic rings. The Morgan fingerprint density at radius 1 is 1.20 bits per heavy atom. The second kappa shape index (κ2) is 4.42. The van der Waals surface area contributed by atoms with Gasteiger partial charge in [-0.25, -0.2) is 0 Å². The molecule has 0 spiro atoms. The number of benzene rings is 1. The normalized spacial score (nSPS) is 17.3. The Balaban J connectivity index is 2.01. The molecule has 0 saturated heterocycles. The average molecular weight is 290 g/mol. The number of fused-ring (bicyclic) bond motifs is 1. The van der Waals surface area contributed by atoms with E-state index in [-0.39, 0.29) is 17.4 Å². The molecule has 4 N–H and O–H groups in total. The monoisotopic (exact) mass is 290 g/mol. The number of hydrogen-bond acceptors (Lipinski definition) is 5. The van der Waals surface area contributed by atoms with Gasteiger partial charge < -0.3 is 20.8 Å². The van der Waals surface area contributed by atoms with Gasteiger partial charge in [0, 0.05) is 16.5 Å². The Labute approximate surface area is 119 Å². The molecule has 1 amide bonds. The third-order valence-corrected chi connectivity index (χ3v) is 4.63. The van der Waals surface area contributed by atoms with Gasteiger partial charge in [0.05, 0.1) is 5.56 Å². The number of nitrogens with one attached hydrogen (secondary N) is 2. The number of aryl methyl sites for hydroxylation is 1. The zero-order valence-corrected chi connectivity index (χ0v) is 11.8. The summed E-state index contributed by atoms with van der Waals surface area (Å²) in [6.45, 7) is 3.89. The van der Waals surface area contributed by atoms with Crippen LogP contribution in [0.15, 0.2) is 18.2 Å². The zero-order chi connectivity index (χ0) is 14.4. The van der Waals surface area contributed by atoms with Crippen molar-refractivity contribution in [3.05, 3.63) is 39.8 Å². The molecule has 1 aromatic carbocycles. The summed E-state index contributed by atoms with van der Waals surface area (Å²) in [5, 5.41) is 26.0. The number of phenols is 2. The topological polar surface area (TPSA) is 81.6 Å². The van der Waals surface area contributed by atoms with Crippen molar-refractivity contribution in [2.24, 2.45) is 0 Å². The Hall–Kier alpha value is -2.21. The molecular weight excluding hydrogens is 276 g/mol. The number of phenolic OH excluding ortho intramolecular Hbond substituents is 2. The summed E-state index contributed by atoms with van der Waals surface area (Å²) < 4.78 is 0. The van der Waals surface area contributed by atoms with Crippen LogP contribution in [0.2, 0.25) is 0 Å². The molecular formula is C14H14N2O3S. The molecule has 2 aromatic rings. The number of hydrogen-bond donors (Lipinski definition) is 4. The van der Waals surface area contributed by atoms with Crippen LogP contribution in [-0.2, 0) is 0 Å². The number of anilines is 1. The maximum absolute atomic E-state index is 12.2. The number of carbonyl (C=O) groups excluding carboxylic acids is 1. The first-order valence-corrected chi connectivity index (χ1v) is 6.98. The maximum atomic E-state index is 12.2. The summed E-state index contributed by atoms with van der Waals surface area (Å²) in [4.78, 5) is 13.3. The second-order valence-corrected chi connectivity index (χ2v) is 6.01. The van der Waals surface area contributed by atoms with E-state index in [4.69, 9.17) is 0 Å². The summed E-state index contributed by atoms with van der Waals surface area (Å²) in [5.41, 5.74) is 2.16. The standard InChI is InChI=1S/C14H14N2O3S/c1-6-7(2)20-14-11(6)13(19)15-12(16-14)9-4-3-8(17)5-10(9)18/h3-5,12,16-18H,1-2H3,(H,15,19)/t12-/m0/s1. The zero-order valence-electron chi connectivity index (χ0n) is 11.0. The van der Waals surface area contributed by atoms with Crippen molar-refractivity contribution in [3.63, 3.8) is 0 Å². The Bertz CT molecular complexity index is 709. The molecule has 1 aliphatic heterocycles. The predicted octanol–water partition coefficient (Wildman–Crippen LogP) is 2.63. The molecule has 0 unspecified atom stereocenters. The van der Waals surface area contributed by atoms with Crippen molar-refractivity contribution >= 4 is 22.2 Å². The van der Waals surface area contributed by atoms with E-state index < -0.39 is 6.17 Å². The number of thiophene rings is 1. The average Bonchev–Trinajstić information content (AvgIpc) is 2.65. The predicted molar refractivity (Wildman–Crippen MR) is 77.4 cm³/mol. The molecule has 6 heteroatoms. The van der Waals surface area contributed by atoms with Gasteiger partial charge in [0.1, 0.15) is 22.7 Å². The van der Waals surface area contributed by atoms with Crippen LogP contribution in [0.3, 0.4) is 0 Å². The van der Waals surface area contributed by atoms with Crippen LogP contribution >= 0.6 is 11.3 Å². The molecule has 1 atom stereocenters. The van der Waals surface area contributed by atoms with Crippen molar-refractivity contribution in [1.29, 1.82) is 0 Å². The van der Waals surface area contributed by atoms with Crippen LogP contribution in [-0.4, -0.2) is 16.1 Å². The van der Waals surface area contributed by atoms with E-state index in [1.54, 1.807) is 6.07 Å². The number of aromatic hydroxyl groups is 2. The molecule has 0 bridgehead atoms. The molecule has 0 fully saturated rings. The highest BCUT2D eigenvalue weighted by molar-refractivity contribution is 7.16. The summed E-state index contributed by atoms with van der Waals surface area (Å²) in [7, 11) is 0. The fourth-order valence-electron chi connectivity index (χ4n) is 2.30. The van der Waals surface area contributed by atoms with Crippen LogP contribution < -0.4 is 10.6 Å². The fourth-order valence-corrected chi connectivity index (χ4v) is 3.39. The minimum Gasteiger partial charge on any atom is -0.508 e. The van der Waals surface area contributed by atoms with Gasteiger partial charge in [-0.1, -0.05) is 0 Å². The van der Waals surface area contributed by atoms with E-state index in [1.807, 2.05) is 13.8 Å². The third kappa shape index (κ3) is 1.89. The number of rotatable bonds is 1. The van der Waals surface area contributed by atoms with Gasteiger partial charge in [0.25, 0.3) is 5.91 Å². The molecule has 0 radical (unpaired) electrons. The molecule has 0 aliphatic carbocycles. The lowest BCUT2D eigenvalue weighted by Crippen LogP contribution is -2.38. The first-order chi connectivity index (χ1) is 9.47. The van der Waals surface area contributed by atoms with Gasteiger partial charge in [0.2, 0.25) is 0 Å². The van der Waals surface area contributed by atoms with Crippen LogP contribution in [0.5, 0.6) is 11.5 Å². The molecule has 3 rings (SSSR count). The highest BCUT2D eigenvalue weighted by Crippen LogP contribution is 2.39. The van der Waals surface area contributed by atoms with Crippen LogP contribution in [0.4, 0.5) is 5.00 Å². The van der Waals surface area contributed by atoms with E-state index in [2.05, 4.69) is 10.6 Å². The maximum Gasteiger partial charge on any atom is 0.256 e. The fraction of sp³-hybridized carbons (Fsp3) is 0.214. The minimum atomic E-state index is -0.506. The summed E-state index contributed by atoms with van der Waals surface area (Å²) in [5.74, 6) is -0.230. The van der Waals surface area contributed by atoms with Gasteiger partial charge in [-0.05, 0) is 31.5 Å². The van der Waals surface area contributed by atoms with Crippen molar-refractivity contribution < 1.29 is 15.0 Å². The van der Waals surface area contributed by atoms with Gasteiger partial charge >= 0.3 is 0 Å². The lowest BCUT2D eigenvalue weighted by atomic mass is 10.1. The molecule has 0 saturated carbocycles. The summed E-state index contributed by atoms with van der Waals surface area (Å²) in [6, 6.07) is 4.31. The smallest absolute Gasteiger partial charge is 0.256 e. The van der Waals surface area contributed by atoms with Gasteiger partial charge in [0.15, 0.2) is 0 Å². The van der Waals surface area contributed by atoms with Crippen molar-refractivity contribution in [1.82, 2.24) is 5.32 Å². The van der Waals surface area contributed by atoms with Crippen LogP contribution in [0.1, 0.15) is 32.5 Å². The molecule has 104 valence electrons. The Kier molecular flexibility index (Phi) is 2.83. The second-order valence-electron chi connectivity index (χ2n) is 4.78. The molecule has 5 nitrogen and oxygen atoms in total. The highest BCUT2D eigenvalue weighted by atomic mass is 32.1. The van der Waals surface area contributed by atoms with E-state index in [1.165, 1.54) is 23.5 Å². The molecule has 1 aromatic heterocycles. The van der Waals surface area contributed by atoms with Gasteiger partial charge in [-0.2, -0.15) is 0 Å². The lowest BCUT2D eigenvalue weighted by molar-refractivity contribution is 0.0935. The van der Waals surface area contributed by atoms with Gasteiger partial charge in [-0.15, -0.1) is 11.3 Å². The summed E-state index contributed by atoms with van der Waals surface area (Å²) >= 11 is 1.53. The Morgan fingerprint density at radius 2 is 1.95 bits per heavy atom. The minimum absolute atomic E-state index is 0.0168. The Morgan fingerprint density at radius 3 is 2.65 bits per heavy atom. The van der Waals surface area contributed by atoms with E-state index in [9.17, 15) is 15.0 Å². The van der Waals surface area contributed by atoms with Gasteiger partial charge in [-0.3, -0.25) is 4.79 Å². The SMILES string of the molecule is Cc1sc2c(c1C)C(=O)N[C@H](c1ccc(O)cc1O)N2. The molecule has 2 heterocycles. The first kappa shape index (κ1) is 12.8. The summed E-state index contributed by atoms with van der Waals surface area (Å²) in [6.07, 6.45) is -0.506. The molecule has 20 heavy (non-hydrogen) atoms. The van der Waals surface area contributed by atoms with E-state index in [0.29, 0.717) is 11.1 Å². The van der Waals surface area contributed by atoms with Crippen molar-refractivity contribution in [3.8, 4) is 11.5 Å². The number of amides is 1. The highest BCUT2D eigenvalue weighted by Gasteiger charge is 2.30. The first-order valence-electron chi connectivity index (χ1n) is 6.16. The van der Waals surface area contributed by atoms with Crippen molar-refractivity contribution in [2.45, 2.75) is 20.0 Å².